The Labute approximate surface area is 152 Å². The van der Waals surface area contributed by atoms with E-state index in [0.29, 0.717) is 12.0 Å². The lowest BCUT2D eigenvalue weighted by molar-refractivity contribution is -0.232. The Morgan fingerprint density at radius 1 is 1.42 bits per heavy atom. The van der Waals surface area contributed by atoms with Crippen molar-refractivity contribution in [2.45, 2.75) is 44.8 Å². The maximum absolute atomic E-state index is 13.1. The molecule has 0 spiro atoms. The lowest BCUT2D eigenvalue weighted by atomic mass is 9.43. The summed E-state index contributed by atoms with van der Waals surface area (Å²) in [4.78, 5) is 13.1. The Hall–Kier alpha value is -1.63. The summed E-state index contributed by atoms with van der Waals surface area (Å²) in [6.07, 6.45) is 5.60. The minimum atomic E-state index is -0.886. The van der Waals surface area contributed by atoms with Crippen LogP contribution in [0, 0.1) is 22.7 Å². The quantitative estimate of drug-likeness (QED) is 0.559. The maximum atomic E-state index is 13.1. The molecule has 0 unspecified atom stereocenters. The molecule has 6 atom stereocenters. The number of furan rings is 1. The van der Waals surface area contributed by atoms with Crippen molar-refractivity contribution in [3.63, 3.8) is 0 Å². The van der Waals surface area contributed by atoms with Gasteiger partial charge in [-0.15, -0.1) is 0 Å². The van der Waals surface area contributed by atoms with Crippen LogP contribution in [-0.4, -0.2) is 40.6 Å². The summed E-state index contributed by atoms with van der Waals surface area (Å²) in [6, 6.07) is 1.70. The van der Waals surface area contributed by atoms with Gasteiger partial charge in [-0.1, -0.05) is 13.0 Å². The van der Waals surface area contributed by atoms with E-state index < -0.39 is 23.0 Å². The zero-order valence-electron chi connectivity index (χ0n) is 14.9. The van der Waals surface area contributed by atoms with Crippen LogP contribution in [-0.2, 0) is 9.53 Å². The first-order chi connectivity index (χ1) is 12.5. The number of allylic oxidation sites excluding steroid dienone is 1. The van der Waals surface area contributed by atoms with Crippen LogP contribution in [0.1, 0.15) is 44.3 Å². The third-order valence-electron chi connectivity index (χ3n) is 7.19. The second-order valence-electron chi connectivity index (χ2n) is 8.10. The fourth-order valence-electron chi connectivity index (χ4n) is 5.85. The van der Waals surface area contributed by atoms with E-state index in [0.717, 1.165) is 18.4 Å². The highest BCUT2D eigenvalue weighted by atomic mass is 16.5. The van der Waals surface area contributed by atoms with Crippen molar-refractivity contribution in [3.05, 3.63) is 35.8 Å². The monoisotopic (exact) mass is 362 g/mol. The van der Waals surface area contributed by atoms with Crippen LogP contribution in [0.15, 0.2) is 34.7 Å². The molecule has 3 N–H and O–H groups in total. The predicted molar refractivity (Wildman–Crippen MR) is 91.8 cm³/mol. The second-order valence-corrected chi connectivity index (χ2v) is 8.10. The van der Waals surface area contributed by atoms with Gasteiger partial charge in [-0.05, 0) is 49.2 Å². The number of aliphatic hydroxyl groups excluding tert-OH is 3. The van der Waals surface area contributed by atoms with E-state index in [-0.39, 0.29) is 37.4 Å². The van der Waals surface area contributed by atoms with Crippen molar-refractivity contribution in [3.8, 4) is 0 Å². The molecule has 142 valence electrons. The summed E-state index contributed by atoms with van der Waals surface area (Å²) in [5.41, 5.74) is -0.231. The zero-order valence-corrected chi connectivity index (χ0v) is 14.9. The molecular formula is C20H26O6. The molecule has 6 nitrogen and oxygen atoms in total. The molecule has 3 aliphatic rings. The molecule has 2 aliphatic carbocycles. The highest BCUT2D eigenvalue weighted by Crippen LogP contribution is 2.65. The summed E-state index contributed by atoms with van der Waals surface area (Å²) in [5.74, 6) is -0.592. The van der Waals surface area contributed by atoms with Gasteiger partial charge in [-0.2, -0.15) is 0 Å². The van der Waals surface area contributed by atoms with Gasteiger partial charge in [0.1, 0.15) is 6.61 Å². The molecule has 1 aliphatic heterocycles. The van der Waals surface area contributed by atoms with Crippen molar-refractivity contribution < 1.29 is 29.3 Å². The van der Waals surface area contributed by atoms with Crippen molar-refractivity contribution in [1.82, 2.24) is 0 Å². The Morgan fingerprint density at radius 2 is 2.23 bits per heavy atom. The second kappa shape index (κ2) is 6.22. The number of hydrogen-bond donors (Lipinski definition) is 3. The van der Waals surface area contributed by atoms with Crippen LogP contribution in [0.25, 0.3) is 0 Å². The molecule has 0 amide bonds. The zero-order chi connectivity index (χ0) is 18.5. The van der Waals surface area contributed by atoms with Crippen molar-refractivity contribution in [1.29, 1.82) is 0 Å². The number of carbonyl (C=O) groups is 1. The van der Waals surface area contributed by atoms with Crippen molar-refractivity contribution in [2.24, 2.45) is 22.7 Å². The average Bonchev–Trinajstić information content (AvgIpc) is 3.17. The first-order valence-corrected chi connectivity index (χ1v) is 9.32. The molecule has 0 aromatic carbocycles. The van der Waals surface area contributed by atoms with E-state index in [1.165, 1.54) is 12.5 Å². The molecule has 1 saturated carbocycles. The highest BCUT2D eigenvalue weighted by Gasteiger charge is 2.69. The normalized spacial score (nSPS) is 40.4. The molecule has 2 heterocycles. The van der Waals surface area contributed by atoms with Crippen molar-refractivity contribution >= 4 is 5.97 Å². The highest BCUT2D eigenvalue weighted by molar-refractivity contribution is 5.80. The molecule has 1 saturated heterocycles. The number of rotatable bonds is 4. The van der Waals surface area contributed by atoms with E-state index in [4.69, 9.17) is 9.15 Å². The molecule has 2 fully saturated rings. The predicted octanol–water partition coefficient (Wildman–Crippen LogP) is 1.96. The Bertz CT molecular complexity index is 710. The van der Waals surface area contributed by atoms with E-state index in [1.54, 1.807) is 6.07 Å². The van der Waals surface area contributed by atoms with Crippen molar-refractivity contribution in [2.75, 3.05) is 13.2 Å². The summed E-state index contributed by atoms with van der Waals surface area (Å²) >= 11 is 0. The van der Waals surface area contributed by atoms with Crippen LogP contribution in [0.3, 0.4) is 0 Å². The van der Waals surface area contributed by atoms with Gasteiger partial charge in [0.2, 0.25) is 0 Å². The smallest absolute Gasteiger partial charge is 0.312 e. The van der Waals surface area contributed by atoms with Gasteiger partial charge in [0.25, 0.3) is 0 Å². The van der Waals surface area contributed by atoms with E-state index >= 15 is 0 Å². The molecule has 2 bridgehead atoms. The van der Waals surface area contributed by atoms with Crippen LogP contribution < -0.4 is 0 Å². The summed E-state index contributed by atoms with van der Waals surface area (Å²) in [7, 11) is 0. The average molecular weight is 362 g/mol. The minimum absolute atomic E-state index is 0.0976. The molecule has 26 heavy (non-hydrogen) atoms. The summed E-state index contributed by atoms with van der Waals surface area (Å²) in [6.45, 7) is 1.90. The number of ether oxygens (including phenoxy) is 1. The Morgan fingerprint density at radius 3 is 2.92 bits per heavy atom. The van der Waals surface area contributed by atoms with Crippen LogP contribution in [0.4, 0.5) is 0 Å². The topological polar surface area (TPSA) is 100 Å². The summed E-state index contributed by atoms with van der Waals surface area (Å²) in [5, 5.41) is 31.7. The lowest BCUT2D eigenvalue weighted by Gasteiger charge is -2.63. The first kappa shape index (κ1) is 17.8. The van der Waals surface area contributed by atoms with Gasteiger partial charge < -0.3 is 24.5 Å². The van der Waals surface area contributed by atoms with E-state index in [9.17, 15) is 20.1 Å². The van der Waals surface area contributed by atoms with Gasteiger partial charge in [0.05, 0.1) is 42.2 Å². The van der Waals surface area contributed by atoms with Gasteiger partial charge in [-0.25, -0.2) is 0 Å². The largest absolute Gasteiger partial charge is 0.472 e. The van der Waals surface area contributed by atoms with Crippen LogP contribution in [0.2, 0.25) is 0 Å². The third kappa shape index (κ3) is 2.19. The van der Waals surface area contributed by atoms with Gasteiger partial charge in [0.15, 0.2) is 0 Å². The number of hydrogen-bond acceptors (Lipinski definition) is 6. The van der Waals surface area contributed by atoms with Gasteiger partial charge in [0, 0.05) is 5.56 Å². The first-order valence-electron chi connectivity index (χ1n) is 9.32. The van der Waals surface area contributed by atoms with Crippen LogP contribution in [0.5, 0.6) is 0 Å². The minimum Gasteiger partial charge on any atom is -0.472 e. The standard InChI is InChI=1S/C20H26O6/c1-12-7-17(23)20-11-26-18(24)19(12,8-15(22)13-5-6-25-10-13)16(20)4-2-3-14(20)9-21/h3,5-6,10,12,15-17,21-23H,2,4,7-9,11H2,1H3/t12-,15+,16-,17-,19+,20+/m1/s1. The van der Waals surface area contributed by atoms with Crippen LogP contribution >= 0.6 is 0 Å². The van der Waals surface area contributed by atoms with Gasteiger partial charge in [-0.3, -0.25) is 4.79 Å². The number of esters is 1. The molecule has 0 radical (unpaired) electrons. The molecular weight excluding hydrogens is 336 g/mol. The maximum Gasteiger partial charge on any atom is 0.312 e. The fourth-order valence-corrected chi connectivity index (χ4v) is 5.85. The lowest BCUT2D eigenvalue weighted by Crippen LogP contribution is -2.67. The molecule has 1 aromatic heterocycles. The number of aliphatic hydroxyl groups is 3. The Kier molecular flexibility index (Phi) is 4.25. The molecule has 1 aromatic rings. The molecule has 6 heteroatoms. The molecule has 4 rings (SSSR count). The summed E-state index contributed by atoms with van der Waals surface area (Å²) < 4.78 is 10.7. The third-order valence-corrected chi connectivity index (χ3v) is 7.19. The van der Waals surface area contributed by atoms with Gasteiger partial charge >= 0.3 is 5.97 Å². The number of carbonyl (C=O) groups excluding carboxylic acids is 1. The fraction of sp³-hybridized carbons (Fsp3) is 0.650. The van der Waals surface area contributed by atoms with E-state index in [1.807, 2.05) is 13.0 Å². The SMILES string of the molecule is C[C@@H]1C[C@@H](O)[C@]23COC(=O)[C@]1(C[C@H](O)c1ccoc1)[C@H]2CCC=C3CO. The number of cyclic esters (lactones) is 1. The van der Waals surface area contributed by atoms with E-state index in [2.05, 4.69) is 0 Å². The Balaban J connectivity index is 1.80.